The van der Waals surface area contributed by atoms with Crippen molar-refractivity contribution in [3.63, 3.8) is 0 Å². The highest BCUT2D eigenvalue weighted by atomic mass is 16.5. The van der Waals surface area contributed by atoms with Gasteiger partial charge in [0.1, 0.15) is 0 Å². The number of ether oxygens (including phenoxy) is 1. The minimum Gasteiger partial charge on any atom is -0.382 e. The number of hydrogen-bond donors (Lipinski definition) is 1. The molecule has 0 aromatic heterocycles. The zero-order valence-electron chi connectivity index (χ0n) is 9.72. The Morgan fingerprint density at radius 1 is 1.36 bits per heavy atom. The summed E-state index contributed by atoms with van der Waals surface area (Å²) >= 11 is 0. The quantitative estimate of drug-likeness (QED) is 0.607. The SMILES string of the molecule is CCNC(CCCOCC)C1CCC1. The lowest BCUT2D eigenvalue weighted by Crippen LogP contribution is -2.39. The van der Waals surface area contributed by atoms with Gasteiger partial charge in [0.05, 0.1) is 0 Å². The highest BCUT2D eigenvalue weighted by Gasteiger charge is 2.25. The minimum atomic E-state index is 0.759. The fourth-order valence-electron chi connectivity index (χ4n) is 2.16. The molecule has 2 nitrogen and oxygen atoms in total. The van der Waals surface area contributed by atoms with E-state index in [1.807, 2.05) is 0 Å². The standard InChI is InChI=1S/C12H25NO/c1-3-13-12(11-7-5-8-11)9-6-10-14-4-2/h11-13H,3-10H2,1-2H3. The van der Waals surface area contributed by atoms with Crippen LogP contribution in [0.25, 0.3) is 0 Å². The van der Waals surface area contributed by atoms with Gasteiger partial charge in [-0.3, -0.25) is 0 Å². The summed E-state index contributed by atoms with van der Waals surface area (Å²) in [5.41, 5.74) is 0. The molecule has 1 aliphatic carbocycles. The molecule has 84 valence electrons. The predicted octanol–water partition coefficient (Wildman–Crippen LogP) is 2.58. The van der Waals surface area contributed by atoms with Crippen LogP contribution in [0.1, 0.15) is 46.0 Å². The van der Waals surface area contributed by atoms with Crippen molar-refractivity contribution in [2.45, 2.75) is 52.0 Å². The van der Waals surface area contributed by atoms with Gasteiger partial charge in [-0.15, -0.1) is 0 Å². The highest BCUT2D eigenvalue weighted by molar-refractivity contribution is 4.82. The average molecular weight is 199 g/mol. The van der Waals surface area contributed by atoms with Crippen molar-refractivity contribution in [1.82, 2.24) is 5.32 Å². The monoisotopic (exact) mass is 199 g/mol. The Kier molecular flexibility index (Phi) is 6.20. The molecule has 0 bridgehead atoms. The minimum absolute atomic E-state index is 0.759. The van der Waals surface area contributed by atoms with Gasteiger partial charge in [-0.25, -0.2) is 0 Å². The molecule has 0 heterocycles. The molecule has 0 spiro atoms. The van der Waals surface area contributed by atoms with Crippen LogP contribution < -0.4 is 5.32 Å². The third-order valence-corrected chi connectivity index (χ3v) is 3.19. The van der Waals surface area contributed by atoms with Crippen LogP contribution in [0.4, 0.5) is 0 Å². The summed E-state index contributed by atoms with van der Waals surface area (Å²) in [6, 6.07) is 0.759. The summed E-state index contributed by atoms with van der Waals surface area (Å²) < 4.78 is 5.37. The summed E-state index contributed by atoms with van der Waals surface area (Å²) in [4.78, 5) is 0. The average Bonchev–Trinajstić information content (AvgIpc) is 2.10. The lowest BCUT2D eigenvalue weighted by Gasteiger charge is -2.34. The molecular formula is C12H25NO. The Morgan fingerprint density at radius 3 is 2.64 bits per heavy atom. The smallest absolute Gasteiger partial charge is 0.0466 e. The van der Waals surface area contributed by atoms with Gasteiger partial charge in [0, 0.05) is 19.3 Å². The molecule has 0 amide bonds. The van der Waals surface area contributed by atoms with E-state index in [4.69, 9.17) is 4.74 Å². The van der Waals surface area contributed by atoms with Gasteiger partial charge >= 0.3 is 0 Å². The van der Waals surface area contributed by atoms with Gasteiger partial charge in [-0.1, -0.05) is 13.3 Å². The van der Waals surface area contributed by atoms with Crippen molar-refractivity contribution in [1.29, 1.82) is 0 Å². The number of hydrogen-bond acceptors (Lipinski definition) is 2. The van der Waals surface area contributed by atoms with Crippen LogP contribution in [0.2, 0.25) is 0 Å². The molecule has 1 unspecified atom stereocenters. The van der Waals surface area contributed by atoms with Crippen LogP contribution in [-0.2, 0) is 4.74 Å². The summed E-state index contributed by atoms with van der Waals surface area (Å²) in [6.45, 7) is 7.16. The summed E-state index contributed by atoms with van der Waals surface area (Å²) in [5.74, 6) is 0.955. The third kappa shape index (κ3) is 3.97. The van der Waals surface area contributed by atoms with Gasteiger partial charge in [0.15, 0.2) is 0 Å². The zero-order valence-corrected chi connectivity index (χ0v) is 9.72. The molecule has 1 atom stereocenters. The Labute approximate surface area is 88.4 Å². The second-order valence-corrected chi connectivity index (χ2v) is 4.19. The van der Waals surface area contributed by atoms with Crippen LogP contribution in [0.3, 0.4) is 0 Å². The normalized spacial score (nSPS) is 19.3. The molecule has 1 rings (SSSR count). The van der Waals surface area contributed by atoms with Gasteiger partial charge in [0.25, 0.3) is 0 Å². The third-order valence-electron chi connectivity index (χ3n) is 3.19. The van der Waals surface area contributed by atoms with Crippen molar-refractivity contribution in [3.05, 3.63) is 0 Å². The first-order valence-electron chi connectivity index (χ1n) is 6.19. The van der Waals surface area contributed by atoms with Crippen molar-refractivity contribution in [2.75, 3.05) is 19.8 Å². The van der Waals surface area contributed by atoms with Crippen LogP contribution in [0.5, 0.6) is 0 Å². The van der Waals surface area contributed by atoms with Gasteiger partial charge in [-0.2, -0.15) is 0 Å². The van der Waals surface area contributed by atoms with E-state index in [0.29, 0.717) is 0 Å². The Hall–Kier alpha value is -0.0800. The molecule has 0 aliphatic heterocycles. The largest absolute Gasteiger partial charge is 0.382 e. The Balaban J connectivity index is 2.08. The van der Waals surface area contributed by atoms with Crippen LogP contribution >= 0.6 is 0 Å². The molecular weight excluding hydrogens is 174 g/mol. The first-order valence-corrected chi connectivity index (χ1v) is 6.19. The summed E-state index contributed by atoms with van der Waals surface area (Å²) in [6.07, 6.45) is 6.82. The molecule has 1 aliphatic rings. The molecule has 14 heavy (non-hydrogen) atoms. The van der Waals surface area contributed by atoms with E-state index in [0.717, 1.165) is 31.7 Å². The van der Waals surface area contributed by atoms with E-state index in [1.54, 1.807) is 0 Å². The fourth-order valence-corrected chi connectivity index (χ4v) is 2.16. The van der Waals surface area contributed by atoms with E-state index < -0.39 is 0 Å². The maximum atomic E-state index is 5.37. The lowest BCUT2D eigenvalue weighted by molar-refractivity contribution is 0.132. The molecule has 0 aromatic rings. The van der Waals surface area contributed by atoms with Crippen LogP contribution in [0, 0.1) is 5.92 Å². The van der Waals surface area contributed by atoms with E-state index >= 15 is 0 Å². The van der Waals surface area contributed by atoms with Crippen LogP contribution in [0.15, 0.2) is 0 Å². The predicted molar refractivity (Wildman–Crippen MR) is 60.5 cm³/mol. The van der Waals surface area contributed by atoms with Crippen molar-refractivity contribution < 1.29 is 4.74 Å². The number of nitrogens with one attached hydrogen (secondary N) is 1. The lowest BCUT2D eigenvalue weighted by atomic mass is 9.78. The topological polar surface area (TPSA) is 21.3 Å². The molecule has 0 saturated heterocycles. The van der Waals surface area contributed by atoms with Crippen LogP contribution in [-0.4, -0.2) is 25.8 Å². The summed E-state index contributed by atoms with van der Waals surface area (Å²) in [5, 5.41) is 3.61. The molecule has 2 heteroatoms. The fraction of sp³-hybridized carbons (Fsp3) is 1.00. The van der Waals surface area contributed by atoms with Gasteiger partial charge in [-0.05, 0) is 45.1 Å². The number of rotatable bonds is 8. The Morgan fingerprint density at radius 2 is 2.14 bits per heavy atom. The van der Waals surface area contributed by atoms with E-state index in [-0.39, 0.29) is 0 Å². The van der Waals surface area contributed by atoms with E-state index in [1.165, 1.54) is 32.1 Å². The van der Waals surface area contributed by atoms with Crippen molar-refractivity contribution in [3.8, 4) is 0 Å². The first-order chi connectivity index (χ1) is 6.88. The molecule has 0 radical (unpaired) electrons. The zero-order chi connectivity index (χ0) is 10.2. The molecule has 1 saturated carbocycles. The van der Waals surface area contributed by atoms with Gasteiger partial charge in [0.2, 0.25) is 0 Å². The molecule has 1 fully saturated rings. The van der Waals surface area contributed by atoms with Crippen molar-refractivity contribution >= 4 is 0 Å². The van der Waals surface area contributed by atoms with E-state index in [2.05, 4.69) is 19.2 Å². The second kappa shape index (κ2) is 7.24. The van der Waals surface area contributed by atoms with Crippen molar-refractivity contribution in [2.24, 2.45) is 5.92 Å². The second-order valence-electron chi connectivity index (χ2n) is 4.19. The first kappa shape index (κ1) is 12.0. The van der Waals surface area contributed by atoms with E-state index in [9.17, 15) is 0 Å². The Bertz CT molecular complexity index is 134. The highest BCUT2D eigenvalue weighted by Crippen LogP contribution is 2.31. The van der Waals surface area contributed by atoms with Gasteiger partial charge < -0.3 is 10.1 Å². The molecule has 1 N–H and O–H groups in total. The summed E-state index contributed by atoms with van der Waals surface area (Å²) in [7, 11) is 0. The molecule has 0 aromatic carbocycles. The maximum absolute atomic E-state index is 5.37. The maximum Gasteiger partial charge on any atom is 0.0466 e.